The van der Waals surface area contributed by atoms with E-state index in [9.17, 15) is 23.2 Å². The molecule has 1 aliphatic rings. The van der Waals surface area contributed by atoms with Crippen molar-refractivity contribution in [3.05, 3.63) is 59.7 Å². The second-order valence-electron chi connectivity index (χ2n) is 6.37. The molecule has 1 fully saturated rings. The van der Waals surface area contributed by atoms with E-state index in [1.54, 1.807) is 24.3 Å². The third-order valence-electron chi connectivity index (χ3n) is 4.44. The Bertz CT molecular complexity index is 914. The first-order chi connectivity index (χ1) is 13.9. The smallest absolute Gasteiger partial charge is 0.275 e. The van der Waals surface area contributed by atoms with Crippen molar-refractivity contribution in [2.24, 2.45) is 5.92 Å². The molecule has 3 amide bonds. The average Bonchev–Trinajstić information content (AvgIpc) is 3.08. The van der Waals surface area contributed by atoms with E-state index in [0.29, 0.717) is 18.0 Å². The van der Waals surface area contributed by atoms with Gasteiger partial charge >= 0.3 is 0 Å². The molecular formula is C20H19F2N3O4. The van der Waals surface area contributed by atoms with Gasteiger partial charge in [-0.1, -0.05) is 6.07 Å². The third-order valence-corrected chi connectivity index (χ3v) is 4.44. The SMILES string of the molecule is CCOc1ccc(N2C[C@H](C(=O)NNC(=O)c3c(F)cccc3F)CC2=O)cc1. The zero-order valence-electron chi connectivity index (χ0n) is 15.6. The van der Waals surface area contributed by atoms with Gasteiger partial charge in [-0.2, -0.15) is 0 Å². The van der Waals surface area contributed by atoms with Crippen LogP contribution < -0.4 is 20.5 Å². The predicted molar refractivity (Wildman–Crippen MR) is 100 cm³/mol. The Balaban J connectivity index is 1.59. The maximum Gasteiger partial charge on any atom is 0.275 e. The number of hydrogen-bond acceptors (Lipinski definition) is 4. The van der Waals surface area contributed by atoms with Crippen molar-refractivity contribution >= 4 is 23.4 Å². The van der Waals surface area contributed by atoms with Crippen LogP contribution in [0.15, 0.2) is 42.5 Å². The van der Waals surface area contributed by atoms with Crippen LogP contribution in [0.1, 0.15) is 23.7 Å². The molecule has 7 nitrogen and oxygen atoms in total. The van der Waals surface area contributed by atoms with Gasteiger partial charge in [-0.05, 0) is 43.3 Å². The van der Waals surface area contributed by atoms with Gasteiger partial charge in [0.25, 0.3) is 5.91 Å². The van der Waals surface area contributed by atoms with E-state index in [4.69, 9.17) is 4.74 Å². The van der Waals surface area contributed by atoms with E-state index in [1.807, 2.05) is 12.3 Å². The highest BCUT2D eigenvalue weighted by Crippen LogP contribution is 2.27. The van der Waals surface area contributed by atoms with E-state index in [-0.39, 0.29) is 18.9 Å². The van der Waals surface area contributed by atoms with E-state index in [1.165, 1.54) is 4.90 Å². The molecule has 1 aliphatic heterocycles. The number of anilines is 1. The van der Waals surface area contributed by atoms with Gasteiger partial charge in [0.15, 0.2) is 0 Å². The second-order valence-corrected chi connectivity index (χ2v) is 6.37. The van der Waals surface area contributed by atoms with Crippen molar-refractivity contribution in [1.82, 2.24) is 10.9 Å². The number of benzene rings is 2. The van der Waals surface area contributed by atoms with Crippen molar-refractivity contribution in [2.45, 2.75) is 13.3 Å². The number of hydrazine groups is 1. The van der Waals surface area contributed by atoms with E-state index < -0.39 is 34.9 Å². The highest BCUT2D eigenvalue weighted by atomic mass is 19.1. The van der Waals surface area contributed by atoms with Crippen molar-refractivity contribution < 1.29 is 27.9 Å². The summed E-state index contributed by atoms with van der Waals surface area (Å²) in [4.78, 5) is 38.0. The molecule has 1 saturated heterocycles. The molecular weight excluding hydrogens is 384 g/mol. The number of nitrogens with zero attached hydrogens (tertiary/aromatic N) is 1. The minimum Gasteiger partial charge on any atom is -0.494 e. The van der Waals surface area contributed by atoms with Gasteiger partial charge < -0.3 is 9.64 Å². The number of rotatable bonds is 5. The molecule has 2 aromatic rings. The fourth-order valence-electron chi connectivity index (χ4n) is 3.02. The molecule has 29 heavy (non-hydrogen) atoms. The lowest BCUT2D eigenvalue weighted by atomic mass is 10.1. The summed E-state index contributed by atoms with van der Waals surface area (Å²) in [5, 5.41) is 0. The van der Waals surface area contributed by atoms with Crippen LogP contribution in [0.2, 0.25) is 0 Å². The molecule has 2 aromatic carbocycles. The Kier molecular flexibility index (Phi) is 6.06. The lowest BCUT2D eigenvalue weighted by molar-refractivity contribution is -0.126. The molecule has 0 unspecified atom stereocenters. The molecule has 0 bridgehead atoms. The Labute approximate surface area is 165 Å². The summed E-state index contributed by atoms with van der Waals surface area (Å²) in [7, 11) is 0. The zero-order chi connectivity index (χ0) is 21.0. The summed E-state index contributed by atoms with van der Waals surface area (Å²) < 4.78 is 32.6. The van der Waals surface area contributed by atoms with Crippen LogP contribution in [0.25, 0.3) is 0 Å². The first-order valence-corrected chi connectivity index (χ1v) is 8.98. The highest BCUT2D eigenvalue weighted by molar-refractivity contribution is 6.01. The number of nitrogens with one attached hydrogen (secondary N) is 2. The van der Waals surface area contributed by atoms with Crippen LogP contribution in [-0.2, 0) is 9.59 Å². The van der Waals surface area contributed by atoms with Crippen LogP contribution in [0.5, 0.6) is 5.75 Å². The molecule has 0 spiro atoms. The minimum absolute atomic E-state index is 0.0526. The van der Waals surface area contributed by atoms with Crippen molar-refractivity contribution in [3.8, 4) is 5.75 Å². The quantitative estimate of drug-likeness (QED) is 0.749. The van der Waals surface area contributed by atoms with Crippen molar-refractivity contribution in [3.63, 3.8) is 0 Å². The van der Waals surface area contributed by atoms with Crippen LogP contribution in [-0.4, -0.2) is 30.9 Å². The van der Waals surface area contributed by atoms with Crippen LogP contribution in [0, 0.1) is 17.6 Å². The number of carbonyl (C=O) groups excluding carboxylic acids is 3. The third kappa shape index (κ3) is 4.50. The average molecular weight is 403 g/mol. The predicted octanol–water partition coefficient (Wildman–Crippen LogP) is 2.18. The summed E-state index contributed by atoms with van der Waals surface area (Å²) in [6, 6.07) is 9.87. The maximum atomic E-state index is 13.6. The Morgan fingerprint density at radius 1 is 1.10 bits per heavy atom. The van der Waals surface area contributed by atoms with Crippen molar-refractivity contribution in [1.29, 1.82) is 0 Å². The number of carbonyl (C=O) groups is 3. The lowest BCUT2D eigenvalue weighted by Gasteiger charge is -2.17. The number of amides is 3. The van der Waals surface area contributed by atoms with E-state index in [0.717, 1.165) is 18.2 Å². The topological polar surface area (TPSA) is 87.7 Å². The lowest BCUT2D eigenvalue weighted by Crippen LogP contribution is -2.45. The van der Waals surface area contributed by atoms with Crippen LogP contribution >= 0.6 is 0 Å². The molecule has 152 valence electrons. The van der Waals surface area contributed by atoms with Gasteiger partial charge in [-0.3, -0.25) is 25.2 Å². The summed E-state index contributed by atoms with van der Waals surface area (Å²) in [6.45, 7) is 2.50. The van der Waals surface area contributed by atoms with Gasteiger partial charge in [-0.25, -0.2) is 8.78 Å². The Morgan fingerprint density at radius 3 is 2.38 bits per heavy atom. The minimum atomic E-state index is -1.12. The van der Waals surface area contributed by atoms with Gasteiger partial charge in [-0.15, -0.1) is 0 Å². The monoisotopic (exact) mass is 403 g/mol. The molecule has 1 heterocycles. The highest BCUT2D eigenvalue weighted by Gasteiger charge is 2.35. The summed E-state index contributed by atoms with van der Waals surface area (Å²) in [5.41, 5.74) is 3.93. The van der Waals surface area contributed by atoms with Crippen molar-refractivity contribution in [2.75, 3.05) is 18.1 Å². The Morgan fingerprint density at radius 2 is 1.76 bits per heavy atom. The first kappa shape index (κ1) is 20.2. The molecule has 2 N–H and O–H groups in total. The molecule has 0 aromatic heterocycles. The van der Waals surface area contributed by atoms with Gasteiger partial charge in [0, 0.05) is 18.7 Å². The molecule has 3 rings (SSSR count). The Hall–Kier alpha value is -3.49. The fourth-order valence-corrected chi connectivity index (χ4v) is 3.02. The second kappa shape index (κ2) is 8.68. The number of halogens is 2. The van der Waals surface area contributed by atoms with Crippen LogP contribution in [0.3, 0.4) is 0 Å². The maximum absolute atomic E-state index is 13.6. The summed E-state index contributed by atoms with van der Waals surface area (Å²) in [5.74, 6) is -4.15. The normalized spacial score (nSPS) is 15.9. The van der Waals surface area contributed by atoms with Gasteiger partial charge in [0.05, 0.1) is 12.5 Å². The van der Waals surface area contributed by atoms with Gasteiger partial charge in [0.1, 0.15) is 22.9 Å². The first-order valence-electron chi connectivity index (χ1n) is 8.98. The molecule has 0 aliphatic carbocycles. The van der Waals surface area contributed by atoms with Gasteiger partial charge in [0.2, 0.25) is 11.8 Å². The summed E-state index contributed by atoms with van der Waals surface area (Å²) >= 11 is 0. The molecule has 9 heteroatoms. The van der Waals surface area contributed by atoms with E-state index in [2.05, 4.69) is 5.43 Å². The molecule has 1 atom stereocenters. The van der Waals surface area contributed by atoms with Crippen LogP contribution in [0.4, 0.5) is 14.5 Å². The number of hydrogen-bond donors (Lipinski definition) is 2. The molecule has 0 saturated carbocycles. The summed E-state index contributed by atoms with van der Waals surface area (Å²) in [6.07, 6.45) is -0.0526. The van der Waals surface area contributed by atoms with E-state index >= 15 is 0 Å². The number of ether oxygens (including phenoxy) is 1. The fraction of sp³-hybridized carbons (Fsp3) is 0.250. The zero-order valence-corrected chi connectivity index (χ0v) is 15.6. The largest absolute Gasteiger partial charge is 0.494 e. The standard InChI is InChI=1S/C20H19F2N3O4/c1-2-29-14-8-6-13(7-9-14)25-11-12(10-17(25)26)19(27)23-24-20(28)18-15(21)4-3-5-16(18)22/h3-9,12H,2,10-11H2,1H3,(H,23,27)(H,24,28)/t12-/m1/s1. The molecule has 0 radical (unpaired) electrons.